The van der Waals surface area contributed by atoms with Crippen molar-refractivity contribution in [3.05, 3.63) is 0 Å². The maximum absolute atomic E-state index is 5.74. The van der Waals surface area contributed by atoms with Crippen LogP contribution in [0.3, 0.4) is 0 Å². The van der Waals surface area contributed by atoms with E-state index in [4.69, 9.17) is 23.2 Å². The maximum atomic E-state index is 5.74. The van der Waals surface area contributed by atoms with Gasteiger partial charge in [-0.3, -0.25) is 0 Å². The van der Waals surface area contributed by atoms with Gasteiger partial charge < -0.3 is 0 Å². The molecule has 0 aromatic rings. The SMILES string of the molecule is ClC[C@H]1CC[C@@H](CCl)CC1. The van der Waals surface area contributed by atoms with Gasteiger partial charge in [0.1, 0.15) is 0 Å². The van der Waals surface area contributed by atoms with E-state index in [1.807, 2.05) is 0 Å². The lowest BCUT2D eigenvalue weighted by Crippen LogP contribution is -2.16. The molecule has 0 heterocycles. The van der Waals surface area contributed by atoms with E-state index in [-0.39, 0.29) is 0 Å². The molecule has 1 aliphatic carbocycles. The van der Waals surface area contributed by atoms with Crippen LogP contribution >= 0.6 is 23.2 Å². The van der Waals surface area contributed by atoms with E-state index in [2.05, 4.69) is 0 Å². The van der Waals surface area contributed by atoms with Crippen molar-refractivity contribution in [2.75, 3.05) is 11.8 Å². The topological polar surface area (TPSA) is 0 Å². The Morgan fingerprint density at radius 2 is 1.10 bits per heavy atom. The first kappa shape index (κ1) is 8.67. The molecule has 1 saturated carbocycles. The van der Waals surface area contributed by atoms with Gasteiger partial charge in [0.2, 0.25) is 0 Å². The van der Waals surface area contributed by atoms with Crippen molar-refractivity contribution in [3.63, 3.8) is 0 Å². The largest absolute Gasteiger partial charge is 0.126 e. The summed E-state index contributed by atoms with van der Waals surface area (Å²) in [5, 5.41) is 0. The van der Waals surface area contributed by atoms with Crippen LogP contribution in [0, 0.1) is 11.8 Å². The summed E-state index contributed by atoms with van der Waals surface area (Å²) < 4.78 is 0. The van der Waals surface area contributed by atoms with Crippen LogP contribution in [0.1, 0.15) is 25.7 Å². The monoisotopic (exact) mass is 180 g/mol. The second-order valence-electron chi connectivity index (χ2n) is 3.20. The van der Waals surface area contributed by atoms with E-state index in [1.165, 1.54) is 25.7 Å². The fourth-order valence-corrected chi connectivity index (χ4v) is 2.16. The van der Waals surface area contributed by atoms with Gasteiger partial charge in [-0.05, 0) is 37.5 Å². The number of alkyl halides is 2. The van der Waals surface area contributed by atoms with Gasteiger partial charge in [-0.1, -0.05) is 0 Å². The van der Waals surface area contributed by atoms with Gasteiger partial charge in [-0.2, -0.15) is 0 Å². The average Bonchev–Trinajstić information content (AvgIpc) is 2.05. The Balaban J connectivity index is 2.17. The van der Waals surface area contributed by atoms with Crippen LogP contribution in [0.2, 0.25) is 0 Å². The highest BCUT2D eigenvalue weighted by Gasteiger charge is 2.19. The van der Waals surface area contributed by atoms with Gasteiger partial charge in [0.05, 0.1) is 0 Å². The number of hydrogen-bond acceptors (Lipinski definition) is 0. The van der Waals surface area contributed by atoms with Gasteiger partial charge in [-0.15, -0.1) is 23.2 Å². The molecular formula is C8H14Cl2. The van der Waals surface area contributed by atoms with Gasteiger partial charge in [0, 0.05) is 11.8 Å². The summed E-state index contributed by atoms with van der Waals surface area (Å²) >= 11 is 11.5. The Kier molecular flexibility index (Phi) is 3.87. The van der Waals surface area contributed by atoms with E-state index in [1.54, 1.807) is 0 Å². The lowest BCUT2D eigenvalue weighted by atomic mass is 9.84. The molecule has 0 radical (unpaired) electrons. The number of rotatable bonds is 2. The Bertz CT molecular complexity index is 73.3. The molecule has 0 N–H and O–H groups in total. The van der Waals surface area contributed by atoms with Crippen LogP contribution in [-0.4, -0.2) is 11.8 Å². The zero-order valence-electron chi connectivity index (χ0n) is 6.15. The fraction of sp³-hybridized carbons (Fsp3) is 1.00. The molecule has 0 atom stereocenters. The van der Waals surface area contributed by atoms with Crippen LogP contribution in [0.15, 0.2) is 0 Å². The van der Waals surface area contributed by atoms with Crippen molar-refractivity contribution in [2.24, 2.45) is 11.8 Å². The molecule has 1 fully saturated rings. The van der Waals surface area contributed by atoms with E-state index >= 15 is 0 Å². The molecule has 10 heavy (non-hydrogen) atoms. The van der Waals surface area contributed by atoms with Crippen molar-refractivity contribution < 1.29 is 0 Å². The Hall–Kier alpha value is 0.580. The van der Waals surface area contributed by atoms with Crippen LogP contribution in [0.5, 0.6) is 0 Å². The molecule has 0 aliphatic heterocycles. The van der Waals surface area contributed by atoms with E-state index in [0.29, 0.717) is 0 Å². The second-order valence-corrected chi connectivity index (χ2v) is 3.81. The molecule has 0 aromatic heterocycles. The zero-order chi connectivity index (χ0) is 7.40. The van der Waals surface area contributed by atoms with Crippen LogP contribution in [0.4, 0.5) is 0 Å². The Morgan fingerprint density at radius 1 is 0.800 bits per heavy atom. The van der Waals surface area contributed by atoms with Gasteiger partial charge in [-0.25, -0.2) is 0 Å². The van der Waals surface area contributed by atoms with Crippen LogP contribution in [0.25, 0.3) is 0 Å². The summed E-state index contributed by atoms with van der Waals surface area (Å²) in [6.07, 6.45) is 5.17. The maximum Gasteiger partial charge on any atom is 0.0251 e. The van der Waals surface area contributed by atoms with Crippen LogP contribution < -0.4 is 0 Å². The summed E-state index contributed by atoms with van der Waals surface area (Å²) in [4.78, 5) is 0. The highest BCUT2D eigenvalue weighted by molar-refractivity contribution is 6.18. The van der Waals surface area contributed by atoms with Gasteiger partial charge >= 0.3 is 0 Å². The molecule has 0 bridgehead atoms. The predicted molar refractivity (Wildman–Crippen MR) is 46.9 cm³/mol. The minimum atomic E-state index is 0.779. The minimum Gasteiger partial charge on any atom is -0.126 e. The highest BCUT2D eigenvalue weighted by Crippen LogP contribution is 2.29. The van der Waals surface area contributed by atoms with Crippen molar-refractivity contribution in [2.45, 2.75) is 25.7 Å². The smallest absolute Gasteiger partial charge is 0.0251 e. The highest BCUT2D eigenvalue weighted by atomic mass is 35.5. The summed E-state index contributed by atoms with van der Waals surface area (Å²) in [5.74, 6) is 3.24. The van der Waals surface area contributed by atoms with Crippen molar-refractivity contribution in [1.29, 1.82) is 0 Å². The molecule has 0 unspecified atom stereocenters. The molecule has 60 valence electrons. The molecule has 0 aromatic carbocycles. The second kappa shape index (κ2) is 4.46. The Morgan fingerprint density at radius 3 is 1.30 bits per heavy atom. The fourth-order valence-electron chi connectivity index (χ4n) is 1.54. The van der Waals surface area contributed by atoms with Gasteiger partial charge in [0.15, 0.2) is 0 Å². The van der Waals surface area contributed by atoms with Crippen molar-refractivity contribution >= 4 is 23.2 Å². The van der Waals surface area contributed by atoms with Gasteiger partial charge in [0.25, 0.3) is 0 Å². The van der Waals surface area contributed by atoms with E-state index in [9.17, 15) is 0 Å². The van der Waals surface area contributed by atoms with Crippen molar-refractivity contribution in [1.82, 2.24) is 0 Å². The summed E-state index contributed by atoms with van der Waals surface area (Å²) in [7, 11) is 0. The molecule has 0 saturated heterocycles. The third-order valence-corrected chi connectivity index (χ3v) is 3.28. The lowest BCUT2D eigenvalue weighted by molar-refractivity contribution is 0.313. The average molecular weight is 181 g/mol. The van der Waals surface area contributed by atoms with E-state index in [0.717, 1.165) is 23.6 Å². The van der Waals surface area contributed by atoms with Crippen molar-refractivity contribution in [3.8, 4) is 0 Å². The molecule has 1 aliphatic rings. The van der Waals surface area contributed by atoms with E-state index < -0.39 is 0 Å². The third-order valence-electron chi connectivity index (χ3n) is 2.40. The Labute approximate surface area is 72.9 Å². The zero-order valence-corrected chi connectivity index (χ0v) is 7.67. The molecule has 1 rings (SSSR count). The first-order chi connectivity index (χ1) is 4.86. The molecule has 0 nitrogen and oxygen atoms in total. The summed E-state index contributed by atoms with van der Waals surface area (Å²) in [5.41, 5.74) is 0. The normalized spacial score (nSPS) is 34.2. The lowest BCUT2D eigenvalue weighted by Gasteiger charge is -2.25. The minimum absolute atomic E-state index is 0.779. The summed E-state index contributed by atoms with van der Waals surface area (Å²) in [6, 6.07) is 0. The van der Waals surface area contributed by atoms with Crippen LogP contribution in [-0.2, 0) is 0 Å². The first-order valence-electron chi connectivity index (χ1n) is 3.98. The number of halogens is 2. The summed E-state index contributed by atoms with van der Waals surface area (Å²) in [6.45, 7) is 0. The standard InChI is InChI=1S/C8H14Cl2/c9-5-7-1-2-8(6-10)4-3-7/h7-8H,1-6H2/t7-,8+. The molecule has 0 amide bonds. The first-order valence-corrected chi connectivity index (χ1v) is 5.05. The predicted octanol–water partition coefficient (Wildman–Crippen LogP) is 3.27. The quantitative estimate of drug-likeness (QED) is 0.573. The molecular weight excluding hydrogens is 167 g/mol. The third kappa shape index (κ3) is 2.32. The molecule has 2 heteroatoms. The number of hydrogen-bond donors (Lipinski definition) is 0. The molecule has 0 spiro atoms.